The lowest BCUT2D eigenvalue weighted by Crippen LogP contribution is -2.36. The summed E-state index contributed by atoms with van der Waals surface area (Å²) < 4.78 is 5.69. The molecule has 0 saturated carbocycles. The van der Waals surface area contributed by atoms with Crippen LogP contribution in [0.3, 0.4) is 0 Å². The first-order valence-electron chi connectivity index (χ1n) is 7.08. The lowest BCUT2D eigenvalue weighted by atomic mass is 10.1. The number of aromatic nitrogens is 1. The quantitative estimate of drug-likeness (QED) is 0.918. The second kappa shape index (κ2) is 7.27. The largest absolute Gasteiger partial charge is 0.481 e. The minimum Gasteiger partial charge on any atom is -0.481 e. The second-order valence-electron chi connectivity index (χ2n) is 5.17. The predicted octanol–water partition coefficient (Wildman–Crippen LogP) is 3.44. The molecule has 1 atom stereocenters. The highest BCUT2D eigenvalue weighted by Crippen LogP contribution is 2.26. The summed E-state index contributed by atoms with van der Waals surface area (Å²) in [6.07, 6.45) is 1.10. The fourth-order valence-corrected chi connectivity index (χ4v) is 2.17. The lowest BCUT2D eigenvalue weighted by Gasteiger charge is -2.16. The molecule has 0 bridgehead atoms. The van der Waals surface area contributed by atoms with Gasteiger partial charge < -0.3 is 10.1 Å². The Balaban J connectivity index is 1.94. The highest BCUT2D eigenvalue weighted by molar-refractivity contribution is 6.32. The number of rotatable bonds is 5. The summed E-state index contributed by atoms with van der Waals surface area (Å²) in [7, 11) is 0. The molecule has 1 heterocycles. The SMILES string of the molecule is Cc1cc(OC(C)C(=O)NCc2ccccn2)cc(C)c1Cl. The Hall–Kier alpha value is -2.07. The van der Waals surface area contributed by atoms with E-state index >= 15 is 0 Å². The van der Waals surface area contributed by atoms with Crippen molar-refractivity contribution in [3.05, 3.63) is 58.4 Å². The number of pyridine rings is 1. The molecule has 2 rings (SSSR count). The van der Waals surface area contributed by atoms with Crippen molar-refractivity contribution >= 4 is 17.5 Å². The predicted molar refractivity (Wildman–Crippen MR) is 87.1 cm³/mol. The van der Waals surface area contributed by atoms with E-state index in [1.165, 1.54) is 0 Å². The van der Waals surface area contributed by atoms with Crippen molar-refractivity contribution in [1.82, 2.24) is 10.3 Å². The first kappa shape index (κ1) is 16.3. The first-order valence-corrected chi connectivity index (χ1v) is 7.46. The maximum Gasteiger partial charge on any atom is 0.261 e. The Bertz CT molecular complexity index is 636. The molecule has 1 unspecified atom stereocenters. The summed E-state index contributed by atoms with van der Waals surface area (Å²) in [6.45, 7) is 5.92. The smallest absolute Gasteiger partial charge is 0.261 e. The number of aryl methyl sites for hydroxylation is 2. The van der Waals surface area contributed by atoms with Crippen molar-refractivity contribution in [2.45, 2.75) is 33.4 Å². The van der Waals surface area contributed by atoms with Gasteiger partial charge in [0, 0.05) is 11.2 Å². The standard InChI is InChI=1S/C17H19ClN2O2/c1-11-8-15(9-12(2)16(11)18)22-13(3)17(21)20-10-14-6-4-5-7-19-14/h4-9,13H,10H2,1-3H3,(H,20,21). The van der Waals surface area contributed by atoms with Crippen molar-refractivity contribution in [3.8, 4) is 5.75 Å². The highest BCUT2D eigenvalue weighted by Gasteiger charge is 2.15. The number of ether oxygens (including phenoxy) is 1. The molecule has 0 fully saturated rings. The van der Waals surface area contributed by atoms with Crippen LogP contribution in [0.4, 0.5) is 0 Å². The van der Waals surface area contributed by atoms with Gasteiger partial charge in [0.1, 0.15) is 5.75 Å². The molecule has 1 N–H and O–H groups in total. The molecule has 1 aromatic heterocycles. The number of hydrogen-bond acceptors (Lipinski definition) is 3. The summed E-state index contributed by atoms with van der Waals surface area (Å²) in [6, 6.07) is 9.24. The maximum absolute atomic E-state index is 12.1. The van der Waals surface area contributed by atoms with Gasteiger partial charge in [-0.15, -0.1) is 0 Å². The Morgan fingerprint density at radius 3 is 2.59 bits per heavy atom. The molecule has 2 aromatic rings. The summed E-state index contributed by atoms with van der Waals surface area (Å²) in [5.41, 5.74) is 2.66. The molecule has 0 saturated heterocycles. The molecule has 0 spiro atoms. The van der Waals surface area contributed by atoms with Crippen molar-refractivity contribution in [3.63, 3.8) is 0 Å². The van der Waals surface area contributed by atoms with Gasteiger partial charge in [-0.1, -0.05) is 17.7 Å². The number of nitrogens with one attached hydrogen (secondary N) is 1. The number of amides is 1. The topological polar surface area (TPSA) is 51.2 Å². The van der Waals surface area contributed by atoms with E-state index in [2.05, 4.69) is 10.3 Å². The fourth-order valence-electron chi connectivity index (χ4n) is 2.06. The summed E-state index contributed by atoms with van der Waals surface area (Å²) in [4.78, 5) is 16.2. The van der Waals surface area contributed by atoms with Crippen LogP contribution in [0.15, 0.2) is 36.5 Å². The highest BCUT2D eigenvalue weighted by atomic mass is 35.5. The van der Waals surface area contributed by atoms with Gasteiger partial charge in [0.05, 0.1) is 12.2 Å². The number of halogens is 1. The summed E-state index contributed by atoms with van der Waals surface area (Å²) in [5, 5.41) is 3.53. The van der Waals surface area contributed by atoms with E-state index in [1.807, 2.05) is 44.2 Å². The number of carbonyl (C=O) groups is 1. The van der Waals surface area contributed by atoms with E-state index in [4.69, 9.17) is 16.3 Å². The van der Waals surface area contributed by atoms with E-state index in [-0.39, 0.29) is 5.91 Å². The van der Waals surface area contributed by atoms with Gasteiger partial charge in [-0.05, 0) is 56.2 Å². The molecule has 0 aliphatic rings. The molecule has 5 heteroatoms. The van der Waals surface area contributed by atoms with Crippen molar-refractivity contribution in [1.29, 1.82) is 0 Å². The molecule has 0 radical (unpaired) electrons. The number of carbonyl (C=O) groups excluding carboxylic acids is 1. The molecular formula is C17H19ClN2O2. The summed E-state index contributed by atoms with van der Waals surface area (Å²) >= 11 is 6.12. The Morgan fingerprint density at radius 1 is 1.32 bits per heavy atom. The molecule has 22 heavy (non-hydrogen) atoms. The monoisotopic (exact) mass is 318 g/mol. The molecule has 0 aliphatic carbocycles. The van der Waals surface area contributed by atoms with Gasteiger partial charge in [-0.3, -0.25) is 9.78 Å². The Kier molecular flexibility index (Phi) is 5.39. The normalized spacial score (nSPS) is 11.8. The van der Waals surface area contributed by atoms with Gasteiger partial charge in [-0.2, -0.15) is 0 Å². The zero-order chi connectivity index (χ0) is 16.1. The van der Waals surface area contributed by atoms with E-state index < -0.39 is 6.10 Å². The minimum absolute atomic E-state index is 0.184. The number of benzene rings is 1. The van der Waals surface area contributed by atoms with Crippen molar-refractivity contribution in [2.75, 3.05) is 0 Å². The van der Waals surface area contributed by atoms with Crippen LogP contribution < -0.4 is 10.1 Å². The van der Waals surface area contributed by atoms with Crippen LogP contribution in [0.2, 0.25) is 5.02 Å². The molecular weight excluding hydrogens is 300 g/mol. The number of nitrogens with zero attached hydrogens (tertiary/aromatic N) is 1. The third kappa shape index (κ3) is 4.21. The van der Waals surface area contributed by atoms with Crippen molar-refractivity contribution in [2.24, 2.45) is 0 Å². The van der Waals surface area contributed by atoms with Crippen LogP contribution >= 0.6 is 11.6 Å². The van der Waals surface area contributed by atoms with Gasteiger partial charge in [0.2, 0.25) is 0 Å². The number of hydrogen-bond donors (Lipinski definition) is 1. The van der Waals surface area contributed by atoms with Crippen LogP contribution in [-0.4, -0.2) is 17.0 Å². The molecule has 116 valence electrons. The van der Waals surface area contributed by atoms with Crippen LogP contribution in [-0.2, 0) is 11.3 Å². The second-order valence-corrected chi connectivity index (χ2v) is 5.55. The molecule has 0 aliphatic heterocycles. The van der Waals surface area contributed by atoms with Gasteiger partial charge >= 0.3 is 0 Å². The van der Waals surface area contributed by atoms with Gasteiger partial charge in [0.25, 0.3) is 5.91 Å². The lowest BCUT2D eigenvalue weighted by molar-refractivity contribution is -0.127. The van der Waals surface area contributed by atoms with E-state index in [0.717, 1.165) is 21.8 Å². The Labute approximate surface area is 135 Å². The molecule has 1 aromatic carbocycles. The maximum atomic E-state index is 12.1. The molecule has 4 nitrogen and oxygen atoms in total. The van der Waals surface area contributed by atoms with Crippen molar-refractivity contribution < 1.29 is 9.53 Å². The minimum atomic E-state index is -0.594. The van der Waals surface area contributed by atoms with Crippen LogP contribution in [0, 0.1) is 13.8 Å². The zero-order valence-corrected chi connectivity index (χ0v) is 13.6. The average molecular weight is 319 g/mol. The van der Waals surface area contributed by atoms with Crippen LogP contribution in [0.5, 0.6) is 5.75 Å². The first-order chi connectivity index (χ1) is 10.5. The van der Waals surface area contributed by atoms with E-state index in [9.17, 15) is 4.79 Å². The third-order valence-electron chi connectivity index (χ3n) is 3.26. The van der Waals surface area contributed by atoms with E-state index in [0.29, 0.717) is 12.3 Å². The van der Waals surface area contributed by atoms with E-state index in [1.54, 1.807) is 13.1 Å². The Morgan fingerprint density at radius 2 is 2.00 bits per heavy atom. The fraction of sp³-hybridized carbons (Fsp3) is 0.294. The van der Waals surface area contributed by atoms with Crippen LogP contribution in [0.25, 0.3) is 0 Å². The zero-order valence-electron chi connectivity index (χ0n) is 12.9. The average Bonchev–Trinajstić information content (AvgIpc) is 2.51. The van der Waals surface area contributed by atoms with Crippen LogP contribution in [0.1, 0.15) is 23.7 Å². The molecule has 1 amide bonds. The summed E-state index contributed by atoms with van der Waals surface area (Å²) in [5.74, 6) is 0.454. The van der Waals surface area contributed by atoms with Gasteiger partial charge in [0.15, 0.2) is 6.10 Å². The third-order valence-corrected chi connectivity index (χ3v) is 3.86. The van der Waals surface area contributed by atoms with Gasteiger partial charge in [-0.25, -0.2) is 0 Å².